The molecule has 0 N–H and O–H groups in total. The Morgan fingerprint density at radius 3 is 2.42 bits per heavy atom. The fraction of sp³-hybridized carbons (Fsp3) is 0.217. The summed E-state index contributed by atoms with van der Waals surface area (Å²) >= 11 is 0. The Morgan fingerprint density at radius 2 is 1.71 bits per heavy atom. The minimum atomic E-state index is -0.0174. The van der Waals surface area contributed by atoms with Gasteiger partial charge in [-0.3, -0.25) is 9.36 Å². The summed E-state index contributed by atoms with van der Waals surface area (Å²) in [6, 6.07) is 15.6. The van der Waals surface area contributed by atoms with Crippen LogP contribution in [0.5, 0.6) is 5.88 Å². The minimum absolute atomic E-state index is 0.0174. The number of carbonyl (C=O) groups excluding carboxylic acids is 1. The average molecular weight is 414 g/mol. The van der Waals surface area contributed by atoms with Gasteiger partial charge in [0.1, 0.15) is 11.8 Å². The molecule has 156 valence electrons. The number of anilines is 1. The van der Waals surface area contributed by atoms with Gasteiger partial charge in [0.15, 0.2) is 5.65 Å². The summed E-state index contributed by atoms with van der Waals surface area (Å²) in [5, 5.41) is 0. The second kappa shape index (κ2) is 8.06. The zero-order valence-electron chi connectivity index (χ0n) is 17.2. The molecule has 1 aliphatic rings. The summed E-state index contributed by atoms with van der Waals surface area (Å²) in [5.41, 5.74) is 4.02. The number of rotatable bonds is 4. The molecule has 0 atom stereocenters. The van der Waals surface area contributed by atoms with Gasteiger partial charge < -0.3 is 14.5 Å². The van der Waals surface area contributed by atoms with Gasteiger partial charge in [0.05, 0.1) is 24.6 Å². The molecule has 0 radical (unpaired) electrons. The number of ether oxygens (including phenoxy) is 1. The van der Waals surface area contributed by atoms with Crippen molar-refractivity contribution < 1.29 is 9.53 Å². The third-order valence-corrected chi connectivity index (χ3v) is 5.53. The normalized spacial score (nSPS) is 14.1. The van der Waals surface area contributed by atoms with Crippen LogP contribution in [-0.2, 0) is 0 Å². The summed E-state index contributed by atoms with van der Waals surface area (Å²) in [7, 11) is 1.60. The largest absolute Gasteiger partial charge is 0.481 e. The van der Waals surface area contributed by atoms with E-state index in [1.165, 1.54) is 0 Å². The molecule has 0 aliphatic carbocycles. The predicted molar refractivity (Wildman–Crippen MR) is 118 cm³/mol. The van der Waals surface area contributed by atoms with Gasteiger partial charge in [0.25, 0.3) is 5.91 Å². The van der Waals surface area contributed by atoms with Gasteiger partial charge in [0, 0.05) is 44.1 Å². The predicted octanol–water partition coefficient (Wildman–Crippen LogP) is 2.79. The number of methoxy groups -OCH3 is 1. The number of para-hydroxylation sites is 1. The van der Waals surface area contributed by atoms with Gasteiger partial charge in [-0.15, -0.1) is 0 Å². The Balaban J connectivity index is 1.29. The van der Waals surface area contributed by atoms with Crippen LogP contribution in [0.2, 0.25) is 0 Å². The van der Waals surface area contributed by atoms with Gasteiger partial charge in [-0.05, 0) is 24.3 Å². The Bertz CT molecular complexity index is 1200. The molecule has 5 rings (SSSR count). The Morgan fingerprint density at radius 1 is 0.903 bits per heavy atom. The number of hydrogen-bond donors (Lipinski definition) is 0. The highest BCUT2D eigenvalue weighted by Gasteiger charge is 2.23. The molecule has 0 bridgehead atoms. The van der Waals surface area contributed by atoms with Crippen LogP contribution >= 0.6 is 0 Å². The van der Waals surface area contributed by atoms with Crippen molar-refractivity contribution in [1.29, 1.82) is 0 Å². The molecular formula is C23H22N6O2. The first-order valence-corrected chi connectivity index (χ1v) is 10.2. The average Bonchev–Trinajstić information content (AvgIpc) is 3.28. The van der Waals surface area contributed by atoms with E-state index < -0.39 is 0 Å². The maximum Gasteiger partial charge on any atom is 0.255 e. The molecule has 0 saturated carbocycles. The van der Waals surface area contributed by atoms with Gasteiger partial charge in [-0.25, -0.2) is 15.0 Å². The van der Waals surface area contributed by atoms with Crippen molar-refractivity contribution in [3.63, 3.8) is 0 Å². The Kier molecular flexibility index (Phi) is 4.95. The van der Waals surface area contributed by atoms with Crippen LogP contribution in [-0.4, -0.2) is 63.6 Å². The van der Waals surface area contributed by atoms with Crippen molar-refractivity contribution in [2.75, 3.05) is 38.2 Å². The Labute approximate surface area is 179 Å². The van der Waals surface area contributed by atoms with Crippen LogP contribution in [0.1, 0.15) is 10.4 Å². The van der Waals surface area contributed by atoms with E-state index in [9.17, 15) is 4.79 Å². The van der Waals surface area contributed by atoms with Crippen molar-refractivity contribution in [2.45, 2.75) is 0 Å². The number of aromatic nitrogens is 4. The van der Waals surface area contributed by atoms with Crippen LogP contribution in [0, 0.1) is 0 Å². The number of nitrogens with zero attached hydrogens (tertiary/aromatic N) is 6. The second-order valence-electron chi connectivity index (χ2n) is 7.35. The number of amides is 1. The monoisotopic (exact) mass is 414 g/mol. The number of piperazine rings is 1. The molecule has 31 heavy (non-hydrogen) atoms. The highest BCUT2D eigenvalue weighted by Crippen LogP contribution is 2.20. The van der Waals surface area contributed by atoms with E-state index in [4.69, 9.17) is 4.74 Å². The number of carbonyl (C=O) groups is 1. The van der Waals surface area contributed by atoms with Crippen molar-refractivity contribution in [1.82, 2.24) is 24.4 Å². The zero-order valence-corrected chi connectivity index (χ0v) is 17.2. The van der Waals surface area contributed by atoms with Crippen molar-refractivity contribution in [3.05, 3.63) is 72.8 Å². The summed E-state index contributed by atoms with van der Waals surface area (Å²) < 4.78 is 7.04. The van der Waals surface area contributed by atoms with Crippen LogP contribution in [0.3, 0.4) is 0 Å². The first-order valence-electron chi connectivity index (χ1n) is 10.2. The summed E-state index contributed by atoms with van der Waals surface area (Å²) in [6.45, 7) is 2.78. The number of benzene rings is 1. The van der Waals surface area contributed by atoms with Gasteiger partial charge >= 0.3 is 0 Å². The van der Waals surface area contributed by atoms with E-state index in [-0.39, 0.29) is 5.91 Å². The number of fused-ring (bicyclic) bond motifs is 1. The quantitative estimate of drug-likeness (QED) is 0.511. The first kappa shape index (κ1) is 19.0. The molecule has 1 saturated heterocycles. The fourth-order valence-electron chi connectivity index (χ4n) is 3.83. The van der Waals surface area contributed by atoms with Crippen LogP contribution in [0.4, 0.5) is 5.69 Å². The Hall–Kier alpha value is -3.94. The smallest absolute Gasteiger partial charge is 0.255 e. The zero-order chi connectivity index (χ0) is 21.2. The molecule has 8 heteroatoms. The summed E-state index contributed by atoms with van der Waals surface area (Å²) in [4.78, 5) is 30.4. The van der Waals surface area contributed by atoms with E-state index in [2.05, 4.69) is 19.9 Å². The molecule has 4 heterocycles. The van der Waals surface area contributed by atoms with Crippen LogP contribution in [0.15, 0.2) is 67.3 Å². The van der Waals surface area contributed by atoms with Gasteiger partial charge in [-0.1, -0.05) is 18.2 Å². The van der Waals surface area contributed by atoms with Crippen molar-refractivity contribution >= 4 is 22.8 Å². The molecule has 1 fully saturated rings. The standard InChI is InChI=1S/C23H22N6O2/c1-31-21-8-7-19(15-24-21)27-9-11-28(12-10-27)23(30)17-13-20-22(25-14-17)29(16-26-20)18-5-3-2-4-6-18/h2-8,13-16H,9-12H2,1H3. The van der Waals surface area contributed by atoms with Crippen molar-refractivity contribution in [2.24, 2.45) is 0 Å². The van der Waals surface area contributed by atoms with Crippen LogP contribution in [0.25, 0.3) is 16.9 Å². The van der Waals surface area contributed by atoms with Gasteiger partial charge in [-0.2, -0.15) is 0 Å². The molecule has 0 spiro atoms. The fourth-order valence-corrected chi connectivity index (χ4v) is 3.83. The second-order valence-corrected chi connectivity index (χ2v) is 7.35. The molecular weight excluding hydrogens is 392 g/mol. The topological polar surface area (TPSA) is 76.4 Å². The van der Waals surface area contributed by atoms with E-state index in [1.54, 1.807) is 25.8 Å². The van der Waals surface area contributed by atoms with E-state index in [1.807, 2.05) is 58.0 Å². The number of imidazole rings is 1. The third-order valence-electron chi connectivity index (χ3n) is 5.53. The molecule has 1 aromatic carbocycles. The van der Waals surface area contributed by atoms with E-state index in [0.717, 1.165) is 30.1 Å². The lowest BCUT2D eigenvalue weighted by Gasteiger charge is -2.36. The highest BCUT2D eigenvalue weighted by molar-refractivity contribution is 5.96. The SMILES string of the molecule is COc1ccc(N2CCN(C(=O)c3cnc4c(c3)ncn4-c3ccccc3)CC2)cn1. The lowest BCUT2D eigenvalue weighted by molar-refractivity contribution is 0.0746. The molecule has 4 aromatic rings. The lowest BCUT2D eigenvalue weighted by atomic mass is 10.2. The summed E-state index contributed by atoms with van der Waals surface area (Å²) in [5.74, 6) is 0.575. The number of hydrogen-bond acceptors (Lipinski definition) is 6. The van der Waals surface area contributed by atoms with E-state index in [0.29, 0.717) is 30.0 Å². The maximum atomic E-state index is 13.1. The molecule has 0 unspecified atom stereocenters. The lowest BCUT2D eigenvalue weighted by Crippen LogP contribution is -2.48. The third kappa shape index (κ3) is 3.68. The molecule has 8 nitrogen and oxygen atoms in total. The van der Waals surface area contributed by atoms with Crippen LogP contribution < -0.4 is 9.64 Å². The van der Waals surface area contributed by atoms with E-state index >= 15 is 0 Å². The minimum Gasteiger partial charge on any atom is -0.481 e. The summed E-state index contributed by atoms with van der Waals surface area (Å²) in [6.07, 6.45) is 5.19. The van der Waals surface area contributed by atoms with Crippen molar-refractivity contribution in [3.8, 4) is 11.6 Å². The molecule has 1 aliphatic heterocycles. The maximum absolute atomic E-state index is 13.1. The van der Waals surface area contributed by atoms with Gasteiger partial charge in [0.2, 0.25) is 5.88 Å². The first-order chi connectivity index (χ1) is 15.2. The number of pyridine rings is 2. The molecule has 3 aromatic heterocycles. The molecule has 1 amide bonds. The highest BCUT2D eigenvalue weighted by atomic mass is 16.5.